The molecule has 0 saturated heterocycles. The lowest BCUT2D eigenvalue weighted by atomic mass is 9.88. The Bertz CT molecular complexity index is 889. The van der Waals surface area contributed by atoms with Crippen molar-refractivity contribution in [2.45, 2.75) is 72.4 Å². The van der Waals surface area contributed by atoms with E-state index in [4.69, 9.17) is 0 Å². The van der Waals surface area contributed by atoms with Crippen molar-refractivity contribution in [2.75, 3.05) is 13.1 Å². The fourth-order valence-corrected chi connectivity index (χ4v) is 4.76. The summed E-state index contributed by atoms with van der Waals surface area (Å²) < 4.78 is 3.85. The van der Waals surface area contributed by atoms with Crippen molar-refractivity contribution in [3.05, 3.63) is 22.8 Å². The van der Waals surface area contributed by atoms with Crippen LogP contribution in [0.15, 0.2) is 0 Å². The SMILES string of the molecule is CCn1nnc2c1CCC(C(=O)NCC(C)CNC(=O)C1CCc3c(nnn3CC)C1)C2. The lowest BCUT2D eigenvalue weighted by Crippen LogP contribution is -2.41. The first-order chi connectivity index (χ1) is 15.5. The molecule has 32 heavy (non-hydrogen) atoms. The molecule has 2 amide bonds. The minimum atomic E-state index is -0.0562. The Morgan fingerprint density at radius 1 is 0.875 bits per heavy atom. The fraction of sp³-hybridized carbons (Fsp3) is 0.727. The Hall–Kier alpha value is -2.78. The predicted molar refractivity (Wildman–Crippen MR) is 118 cm³/mol. The van der Waals surface area contributed by atoms with Crippen molar-refractivity contribution in [1.82, 2.24) is 40.6 Å². The molecule has 0 saturated carbocycles. The molecular weight excluding hydrogens is 408 g/mol. The molecule has 174 valence electrons. The van der Waals surface area contributed by atoms with E-state index in [0.29, 0.717) is 25.9 Å². The molecule has 0 aromatic carbocycles. The second-order valence-electron chi connectivity index (χ2n) is 9.07. The van der Waals surface area contributed by atoms with Crippen molar-refractivity contribution in [2.24, 2.45) is 17.8 Å². The maximum Gasteiger partial charge on any atom is 0.223 e. The third-order valence-electron chi connectivity index (χ3n) is 6.77. The van der Waals surface area contributed by atoms with Gasteiger partial charge in [0.15, 0.2) is 0 Å². The normalized spacial score (nSPS) is 20.8. The van der Waals surface area contributed by atoms with Crippen LogP contribution in [-0.2, 0) is 48.4 Å². The highest BCUT2D eigenvalue weighted by atomic mass is 16.2. The molecule has 2 heterocycles. The second-order valence-corrected chi connectivity index (χ2v) is 9.07. The summed E-state index contributed by atoms with van der Waals surface area (Å²) >= 11 is 0. The molecule has 0 spiro atoms. The first-order valence-corrected chi connectivity index (χ1v) is 11.9. The van der Waals surface area contributed by atoms with Gasteiger partial charge in [0.25, 0.3) is 0 Å². The van der Waals surface area contributed by atoms with E-state index in [2.05, 4.69) is 45.1 Å². The highest BCUT2D eigenvalue weighted by molar-refractivity contribution is 5.80. The lowest BCUT2D eigenvalue weighted by molar-refractivity contribution is -0.125. The molecule has 2 aliphatic carbocycles. The molecule has 2 atom stereocenters. The third kappa shape index (κ3) is 4.68. The van der Waals surface area contributed by atoms with Crippen LogP contribution in [0.3, 0.4) is 0 Å². The molecule has 2 aromatic rings. The molecule has 2 N–H and O–H groups in total. The average Bonchev–Trinajstić information content (AvgIpc) is 3.43. The second kappa shape index (κ2) is 9.79. The van der Waals surface area contributed by atoms with Gasteiger partial charge in [-0.15, -0.1) is 10.2 Å². The largest absolute Gasteiger partial charge is 0.356 e. The van der Waals surface area contributed by atoms with Crippen LogP contribution in [0.2, 0.25) is 0 Å². The molecule has 2 aromatic heterocycles. The summed E-state index contributed by atoms with van der Waals surface area (Å²) in [6, 6.07) is 0. The zero-order valence-corrected chi connectivity index (χ0v) is 19.3. The van der Waals surface area contributed by atoms with Crippen LogP contribution >= 0.6 is 0 Å². The molecule has 2 unspecified atom stereocenters. The topological polar surface area (TPSA) is 120 Å². The van der Waals surface area contributed by atoms with Gasteiger partial charge in [0, 0.05) is 50.9 Å². The Kier molecular flexibility index (Phi) is 6.86. The fourth-order valence-electron chi connectivity index (χ4n) is 4.76. The number of carbonyl (C=O) groups excluding carboxylic acids is 2. The quantitative estimate of drug-likeness (QED) is 0.621. The molecule has 0 radical (unpaired) electrons. The summed E-state index contributed by atoms with van der Waals surface area (Å²) in [4.78, 5) is 25.3. The zero-order chi connectivity index (χ0) is 22.7. The third-order valence-corrected chi connectivity index (χ3v) is 6.77. The number of amides is 2. The number of hydrogen-bond donors (Lipinski definition) is 2. The van der Waals surface area contributed by atoms with Gasteiger partial charge in [-0.2, -0.15) is 0 Å². The first-order valence-electron chi connectivity index (χ1n) is 11.9. The standard InChI is InChI=1S/C22H34N8O2/c1-4-29-19-8-6-15(10-17(19)25-27-29)21(31)23-12-14(3)13-24-22(32)16-7-9-20-18(11-16)26-28-30(20)5-2/h14-16H,4-13H2,1-3H3,(H,23,31)(H,24,32). The van der Waals surface area contributed by atoms with E-state index in [9.17, 15) is 9.59 Å². The monoisotopic (exact) mass is 442 g/mol. The van der Waals surface area contributed by atoms with Gasteiger partial charge in [-0.25, -0.2) is 9.36 Å². The Balaban J connectivity index is 1.19. The highest BCUT2D eigenvalue weighted by Crippen LogP contribution is 2.25. The number of nitrogens with one attached hydrogen (secondary N) is 2. The van der Waals surface area contributed by atoms with Gasteiger partial charge >= 0.3 is 0 Å². The van der Waals surface area contributed by atoms with Crippen molar-refractivity contribution in [3.63, 3.8) is 0 Å². The summed E-state index contributed by atoms with van der Waals surface area (Å²) in [6.07, 6.45) is 4.63. The van der Waals surface area contributed by atoms with Gasteiger partial charge in [-0.05, 0) is 45.4 Å². The number of aromatic nitrogens is 6. The molecule has 0 bridgehead atoms. The molecule has 0 aliphatic heterocycles. The molecule has 0 fully saturated rings. The predicted octanol–water partition coefficient (Wildman–Crippen LogP) is 0.688. The van der Waals surface area contributed by atoms with E-state index in [-0.39, 0.29) is 29.6 Å². The van der Waals surface area contributed by atoms with Gasteiger partial charge < -0.3 is 10.6 Å². The maximum absolute atomic E-state index is 12.6. The number of fused-ring (bicyclic) bond motifs is 2. The van der Waals surface area contributed by atoms with Crippen molar-refractivity contribution in [1.29, 1.82) is 0 Å². The number of carbonyl (C=O) groups is 2. The van der Waals surface area contributed by atoms with Crippen LogP contribution < -0.4 is 10.6 Å². The van der Waals surface area contributed by atoms with E-state index in [1.165, 1.54) is 11.4 Å². The van der Waals surface area contributed by atoms with Crippen LogP contribution in [0.4, 0.5) is 0 Å². The molecule has 10 heteroatoms. The number of rotatable bonds is 8. The maximum atomic E-state index is 12.6. The van der Waals surface area contributed by atoms with Crippen LogP contribution in [0.25, 0.3) is 0 Å². The zero-order valence-electron chi connectivity index (χ0n) is 19.3. The van der Waals surface area contributed by atoms with Gasteiger partial charge in [-0.1, -0.05) is 17.4 Å². The summed E-state index contributed by atoms with van der Waals surface area (Å²) in [5.41, 5.74) is 4.24. The summed E-state index contributed by atoms with van der Waals surface area (Å²) in [7, 11) is 0. The van der Waals surface area contributed by atoms with Gasteiger partial charge in [0.2, 0.25) is 11.8 Å². The van der Waals surface area contributed by atoms with Gasteiger partial charge in [0.1, 0.15) is 0 Å². The average molecular weight is 443 g/mol. The van der Waals surface area contributed by atoms with Crippen molar-refractivity contribution >= 4 is 11.8 Å². The van der Waals surface area contributed by atoms with Crippen molar-refractivity contribution < 1.29 is 9.59 Å². The van der Waals surface area contributed by atoms with Crippen LogP contribution in [0.5, 0.6) is 0 Å². The van der Waals surface area contributed by atoms with Crippen molar-refractivity contribution in [3.8, 4) is 0 Å². The van der Waals surface area contributed by atoms with E-state index >= 15 is 0 Å². The number of nitrogens with zero attached hydrogens (tertiary/aromatic N) is 6. The lowest BCUT2D eigenvalue weighted by Gasteiger charge is -2.23. The van der Waals surface area contributed by atoms with Crippen LogP contribution in [-0.4, -0.2) is 54.9 Å². The molecule has 10 nitrogen and oxygen atoms in total. The van der Waals surface area contributed by atoms with Crippen LogP contribution in [0, 0.1) is 17.8 Å². The van der Waals surface area contributed by atoms with Crippen LogP contribution in [0.1, 0.15) is 56.4 Å². The van der Waals surface area contributed by atoms with Gasteiger partial charge in [-0.3, -0.25) is 9.59 Å². The molecular formula is C22H34N8O2. The molecule has 4 rings (SSSR count). The van der Waals surface area contributed by atoms with E-state index in [1.807, 2.05) is 16.3 Å². The molecule has 2 aliphatic rings. The van der Waals surface area contributed by atoms with E-state index in [1.54, 1.807) is 0 Å². The number of aryl methyl sites for hydroxylation is 2. The summed E-state index contributed by atoms with van der Waals surface area (Å²) in [5.74, 6) is 0.180. The first kappa shape index (κ1) is 22.4. The number of hydrogen-bond acceptors (Lipinski definition) is 6. The van der Waals surface area contributed by atoms with E-state index < -0.39 is 0 Å². The smallest absolute Gasteiger partial charge is 0.223 e. The Morgan fingerprint density at radius 2 is 1.31 bits per heavy atom. The highest BCUT2D eigenvalue weighted by Gasteiger charge is 2.30. The minimum Gasteiger partial charge on any atom is -0.356 e. The Labute approximate surface area is 188 Å². The Morgan fingerprint density at radius 3 is 1.72 bits per heavy atom. The minimum absolute atomic E-state index is 0.0562. The van der Waals surface area contributed by atoms with Gasteiger partial charge in [0.05, 0.1) is 22.8 Å². The summed E-state index contributed by atoms with van der Waals surface area (Å²) in [5, 5.41) is 23.0. The summed E-state index contributed by atoms with van der Waals surface area (Å²) in [6.45, 7) is 8.85. The van der Waals surface area contributed by atoms with E-state index in [0.717, 1.165) is 50.2 Å².